The van der Waals surface area contributed by atoms with Crippen LogP contribution in [0.5, 0.6) is 0 Å². The molecular weight excluding hydrogens is 550 g/mol. The van der Waals surface area contributed by atoms with Gasteiger partial charge in [-0.05, 0) is 55.7 Å². The number of thiazole rings is 1. The van der Waals surface area contributed by atoms with Crippen molar-refractivity contribution in [2.45, 2.75) is 31.9 Å². The molecule has 5 rings (SSSR count). The third kappa shape index (κ3) is 6.09. The Morgan fingerprint density at radius 3 is 2.28 bits per heavy atom. The molecule has 3 aromatic carbocycles. The first-order valence-corrected chi connectivity index (χ1v) is 13.5. The molecule has 39 heavy (non-hydrogen) atoms. The lowest BCUT2D eigenvalue weighted by molar-refractivity contribution is -0.137. The number of halogens is 5. The van der Waals surface area contributed by atoms with Crippen LogP contribution in [0.3, 0.4) is 0 Å². The summed E-state index contributed by atoms with van der Waals surface area (Å²) in [5, 5.41) is 3.90. The zero-order valence-electron chi connectivity index (χ0n) is 20.9. The number of aromatic nitrogens is 1. The van der Waals surface area contributed by atoms with Crippen LogP contribution in [0.25, 0.3) is 21.7 Å². The number of rotatable bonds is 4. The summed E-state index contributed by atoms with van der Waals surface area (Å²) >= 11 is 7.72. The Kier molecular flexibility index (Phi) is 7.64. The molecule has 1 aliphatic rings. The van der Waals surface area contributed by atoms with E-state index in [4.69, 9.17) is 16.6 Å². The molecular formula is C29H24ClF4N3OS. The number of carbonyl (C=O) groups is 1. The maximum atomic E-state index is 13.4. The van der Waals surface area contributed by atoms with Crippen LogP contribution in [-0.2, 0) is 6.18 Å². The third-order valence-corrected chi connectivity index (χ3v) is 8.25. The van der Waals surface area contributed by atoms with Crippen LogP contribution < -0.4 is 5.32 Å². The Morgan fingerprint density at radius 1 is 1.00 bits per heavy atom. The van der Waals surface area contributed by atoms with Crippen molar-refractivity contribution < 1.29 is 22.4 Å². The Bertz CT molecular complexity index is 1420. The van der Waals surface area contributed by atoms with Gasteiger partial charge in [0.05, 0.1) is 26.8 Å². The predicted octanol–water partition coefficient (Wildman–Crippen LogP) is 9.01. The van der Waals surface area contributed by atoms with Gasteiger partial charge in [0, 0.05) is 29.6 Å². The Balaban J connectivity index is 1.33. The second-order valence-electron chi connectivity index (χ2n) is 9.48. The molecule has 0 radical (unpaired) electrons. The smallest absolute Gasteiger partial charge is 0.324 e. The molecule has 1 aliphatic heterocycles. The first-order valence-electron chi connectivity index (χ1n) is 12.3. The van der Waals surface area contributed by atoms with E-state index in [9.17, 15) is 22.4 Å². The van der Waals surface area contributed by atoms with E-state index in [1.54, 1.807) is 11.3 Å². The molecule has 4 aromatic rings. The molecule has 2 amide bonds. The van der Waals surface area contributed by atoms with Gasteiger partial charge >= 0.3 is 12.2 Å². The number of nitrogens with one attached hydrogen (secondary N) is 1. The standard InChI is InChI=1S/C29H24ClF4N3OS/c1-17-2-4-19(5-3-17)26-25(18-6-8-21(30)9-7-18)36-27(39-26)20-12-14-37(15-13-20)28(38)35-24-11-10-22(31)16-23(24)29(32,33)34/h2-11,16,20H,12-15H2,1H3,(H,35,38). The first kappa shape index (κ1) is 27.1. The number of amides is 2. The van der Waals surface area contributed by atoms with E-state index >= 15 is 0 Å². The van der Waals surface area contributed by atoms with Gasteiger partial charge in [-0.15, -0.1) is 11.3 Å². The molecule has 10 heteroatoms. The highest BCUT2D eigenvalue weighted by atomic mass is 35.5. The highest BCUT2D eigenvalue weighted by Crippen LogP contribution is 2.42. The van der Waals surface area contributed by atoms with Crippen LogP contribution in [0.4, 0.5) is 28.0 Å². The summed E-state index contributed by atoms with van der Waals surface area (Å²) in [4.78, 5) is 20.3. The van der Waals surface area contributed by atoms with Crippen molar-refractivity contribution in [2.24, 2.45) is 0 Å². The first-order chi connectivity index (χ1) is 18.6. The normalized spacial score (nSPS) is 14.5. The summed E-state index contributed by atoms with van der Waals surface area (Å²) in [5.74, 6) is -0.923. The number of hydrogen-bond acceptors (Lipinski definition) is 3. The second kappa shape index (κ2) is 11.0. The Labute approximate surface area is 232 Å². The van der Waals surface area contributed by atoms with Crippen molar-refractivity contribution in [2.75, 3.05) is 18.4 Å². The monoisotopic (exact) mass is 573 g/mol. The molecule has 1 saturated heterocycles. The number of anilines is 1. The average Bonchev–Trinajstić information content (AvgIpc) is 3.35. The van der Waals surface area contributed by atoms with Crippen molar-refractivity contribution in [1.82, 2.24) is 9.88 Å². The molecule has 0 atom stereocenters. The highest BCUT2D eigenvalue weighted by Gasteiger charge is 2.35. The van der Waals surface area contributed by atoms with Crippen molar-refractivity contribution >= 4 is 34.7 Å². The Morgan fingerprint density at radius 2 is 1.64 bits per heavy atom. The third-order valence-electron chi connectivity index (χ3n) is 6.74. The number of carbonyl (C=O) groups excluding carboxylic acids is 1. The topological polar surface area (TPSA) is 45.2 Å². The van der Waals surface area contributed by atoms with Crippen LogP contribution in [-0.4, -0.2) is 29.0 Å². The van der Waals surface area contributed by atoms with Gasteiger partial charge in [0.2, 0.25) is 0 Å². The number of urea groups is 1. The summed E-state index contributed by atoms with van der Waals surface area (Å²) in [7, 11) is 0. The fraction of sp³-hybridized carbons (Fsp3) is 0.241. The van der Waals surface area contributed by atoms with Crippen LogP contribution >= 0.6 is 22.9 Å². The summed E-state index contributed by atoms with van der Waals surface area (Å²) in [6.07, 6.45) is -3.56. The quantitative estimate of drug-likeness (QED) is 0.248. The number of alkyl halides is 3. The molecule has 1 aromatic heterocycles. The molecule has 0 spiro atoms. The molecule has 0 unspecified atom stereocenters. The van der Waals surface area contributed by atoms with Crippen molar-refractivity contribution in [3.8, 4) is 21.7 Å². The van der Waals surface area contributed by atoms with Crippen LogP contribution in [0.1, 0.15) is 34.9 Å². The maximum absolute atomic E-state index is 13.4. The van der Waals surface area contributed by atoms with Crippen LogP contribution in [0.15, 0.2) is 66.7 Å². The minimum absolute atomic E-state index is 0.0980. The van der Waals surface area contributed by atoms with E-state index in [-0.39, 0.29) is 5.92 Å². The number of benzene rings is 3. The lowest BCUT2D eigenvalue weighted by Crippen LogP contribution is -2.40. The zero-order chi connectivity index (χ0) is 27.7. The van der Waals surface area contributed by atoms with E-state index in [1.165, 1.54) is 4.90 Å². The number of likely N-dealkylation sites (tertiary alicyclic amines) is 1. The molecule has 0 saturated carbocycles. The highest BCUT2D eigenvalue weighted by molar-refractivity contribution is 7.15. The lowest BCUT2D eigenvalue weighted by Gasteiger charge is -2.31. The molecule has 202 valence electrons. The molecule has 0 bridgehead atoms. The van der Waals surface area contributed by atoms with Gasteiger partial charge < -0.3 is 10.2 Å². The second-order valence-corrected chi connectivity index (χ2v) is 10.9. The van der Waals surface area contributed by atoms with Gasteiger partial charge in [-0.2, -0.15) is 13.2 Å². The number of aryl methyl sites for hydroxylation is 1. The van der Waals surface area contributed by atoms with E-state index < -0.39 is 29.3 Å². The summed E-state index contributed by atoms with van der Waals surface area (Å²) in [5.41, 5.74) is 2.36. The van der Waals surface area contributed by atoms with Gasteiger partial charge in [0.25, 0.3) is 0 Å². The maximum Gasteiger partial charge on any atom is 0.418 e. The molecule has 2 heterocycles. The SMILES string of the molecule is Cc1ccc(-c2sc(C3CCN(C(=O)Nc4ccc(F)cc4C(F)(F)F)CC3)nc2-c2ccc(Cl)cc2)cc1. The van der Waals surface area contributed by atoms with Crippen molar-refractivity contribution in [1.29, 1.82) is 0 Å². The minimum Gasteiger partial charge on any atom is -0.324 e. The number of hydrogen-bond donors (Lipinski definition) is 1. The van der Waals surface area contributed by atoms with Crippen LogP contribution in [0, 0.1) is 12.7 Å². The minimum atomic E-state index is -4.79. The lowest BCUT2D eigenvalue weighted by atomic mass is 9.97. The van der Waals surface area contributed by atoms with Gasteiger partial charge in [0.1, 0.15) is 5.82 Å². The largest absolute Gasteiger partial charge is 0.418 e. The summed E-state index contributed by atoms with van der Waals surface area (Å²) < 4.78 is 53.4. The van der Waals surface area contributed by atoms with E-state index in [2.05, 4.69) is 29.6 Å². The van der Waals surface area contributed by atoms with Gasteiger partial charge in [0.15, 0.2) is 0 Å². The van der Waals surface area contributed by atoms with E-state index in [0.717, 1.165) is 44.4 Å². The zero-order valence-corrected chi connectivity index (χ0v) is 22.4. The Hall–Kier alpha value is -3.43. The number of piperidine rings is 1. The fourth-order valence-corrected chi connectivity index (χ4v) is 5.99. The molecule has 0 aliphatic carbocycles. The van der Waals surface area contributed by atoms with Crippen LogP contribution in [0.2, 0.25) is 5.02 Å². The predicted molar refractivity (Wildman–Crippen MR) is 147 cm³/mol. The van der Waals surface area contributed by atoms with Gasteiger partial charge in [-0.1, -0.05) is 53.6 Å². The fourth-order valence-electron chi connectivity index (χ4n) is 4.60. The van der Waals surface area contributed by atoms with E-state index in [1.807, 2.05) is 31.2 Å². The average molecular weight is 574 g/mol. The molecule has 4 nitrogen and oxygen atoms in total. The van der Waals surface area contributed by atoms with E-state index in [0.29, 0.717) is 37.0 Å². The number of nitrogens with zero attached hydrogens (tertiary/aromatic N) is 2. The van der Waals surface area contributed by atoms with Crippen molar-refractivity contribution in [3.63, 3.8) is 0 Å². The van der Waals surface area contributed by atoms with Crippen molar-refractivity contribution in [3.05, 3.63) is 93.7 Å². The van der Waals surface area contributed by atoms with Gasteiger partial charge in [-0.25, -0.2) is 14.2 Å². The molecule has 1 N–H and O–H groups in total. The van der Waals surface area contributed by atoms with Gasteiger partial charge in [-0.3, -0.25) is 0 Å². The molecule has 1 fully saturated rings. The summed E-state index contributed by atoms with van der Waals surface area (Å²) in [6.45, 7) is 2.75. The summed E-state index contributed by atoms with van der Waals surface area (Å²) in [6, 6.07) is 17.4.